The van der Waals surface area contributed by atoms with E-state index < -0.39 is 0 Å². The summed E-state index contributed by atoms with van der Waals surface area (Å²) in [5.74, 6) is 0.762. The molecule has 1 fully saturated rings. The highest BCUT2D eigenvalue weighted by atomic mass is 35.5. The van der Waals surface area contributed by atoms with Crippen LogP contribution in [-0.4, -0.2) is 46.0 Å². The molecule has 0 atom stereocenters. The van der Waals surface area contributed by atoms with E-state index in [2.05, 4.69) is 5.32 Å². The van der Waals surface area contributed by atoms with Crippen LogP contribution in [0.25, 0.3) is 0 Å². The van der Waals surface area contributed by atoms with Gasteiger partial charge < -0.3 is 25.3 Å². The highest BCUT2D eigenvalue weighted by molar-refractivity contribution is 6.33. The maximum absolute atomic E-state index is 12.2. The third kappa shape index (κ3) is 6.90. The number of halogens is 2. The summed E-state index contributed by atoms with van der Waals surface area (Å²) in [4.78, 5) is 12.2. The van der Waals surface area contributed by atoms with Gasteiger partial charge in [-0.05, 0) is 31.2 Å². The largest absolute Gasteiger partial charge is 0.496 e. The summed E-state index contributed by atoms with van der Waals surface area (Å²) in [6.45, 7) is 3.57. The first kappa shape index (κ1) is 21.8. The highest BCUT2D eigenvalue weighted by Crippen LogP contribution is 2.28. The third-order valence-electron chi connectivity index (χ3n) is 4.01. The number of nitrogens with two attached hydrogens (primary N) is 1. The molecular weight excluding hydrogens is 367 g/mol. The van der Waals surface area contributed by atoms with Crippen LogP contribution in [0, 0.1) is 5.92 Å². The van der Waals surface area contributed by atoms with Crippen molar-refractivity contribution >= 4 is 35.6 Å². The lowest BCUT2D eigenvalue weighted by Crippen LogP contribution is -2.26. The van der Waals surface area contributed by atoms with Crippen LogP contribution in [0.15, 0.2) is 12.1 Å². The van der Waals surface area contributed by atoms with E-state index in [4.69, 9.17) is 31.5 Å². The predicted molar refractivity (Wildman–Crippen MR) is 101 cm³/mol. The Labute approximate surface area is 159 Å². The van der Waals surface area contributed by atoms with Crippen LogP contribution in [0.5, 0.6) is 5.75 Å². The van der Waals surface area contributed by atoms with Gasteiger partial charge in [0.1, 0.15) is 5.75 Å². The van der Waals surface area contributed by atoms with Crippen LogP contribution in [0.2, 0.25) is 5.02 Å². The number of amides is 1. The number of benzene rings is 1. The van der Waals surface area contributed by atoms with E-state index in [-0.39, 0.29) is 18.3 Å². The molecule has 0 radical (unpaired) electrons. The van der Waals surface area contributed by atoms with Crippen molar-refractivity contribution < 1.29 is 19.0 Å². The Balaban J connectivity index is 0.00000312. The number of hydrogen-bond acceptors (Lipinski definition) is 5. The molecule has 1 aliphatic rings. The van der Waals surface area contributed by atoms with Crippen molar-refractivity contribution in [2.45, 2.75) is 19.3 Å². The zero-order valence-corrected chi connectivity index (χ0v) is 16.0. The fraction of sp³-hybridized carbons (Fsp3) is 0.588. The van der Waals surface area contributed by atoms with Gasteiger partial charge in [0.25, 0.3) is 5.91 Å². The first-order valence-electron chi connectivity index (χ1n) is 8.18. The van der Waals surface area contributed by atoms with Crippen LogP contribution in [0.4, 0.5) is 5.69 Å². The van der Waals surface area contributed by atoms with Crippen molar-refractivity contribution in [3.63, 3.8) is 0 Å². The van der Waals surface area contributed by atoms with Gasteiger partial charge in [-0.2, -0.15) is 0 Å². The van der Waals surface area contributed by atoms with E-state index in [0.29, 0.717) is 41.1 Å². The number of carbonyl (C=O) groups excluding carboxylic acids is 1. The van der Waals surface area contributed by atoms with Gasteiger partial charge in [0.05, 0.1) is 23.4 Å². The van der Waals surface area contributed by atoms with Gasteiger partial charge in [-0.25, -0.2) is 0 Å². The summed E-state index contributed by atoms with van der Waals surface area (Å²) in [7, 11) is 1.49. The average molecular weight is 393 g/mol. The van der Waals surface area contributed by atoms with E-state index in [1.165, 1.54) is 13.2 Å². The fourth-order valence-corrected chi connectivity index (χ4v) is 2.71. The van der Waals surface area contributed by atoms with Crippen LogP contribution in [0.3, 0.4) is 0 Å². The van der Waals surface area contributed by atoms with Crippen molar-refractivity contribution in [3.05, 3.63) is 22.7 Å². The lowest BCUT2D eigenvalue weighted by atomic mass is 10.0. The van der Waals surface area contributed by atoms with Gasteiger partial charge >= 0.3 is 0 Å². The van der Waals surface area contributed by atoms with Crippen molar-refractivity contribution in [3.8, 4) is 5.75 Å². The third-order valence-corrected chi connectivity index (χ3v) is 4.34. The minimum Gasteiger partial charge on any atom is -0.496 e. The van der Waals surface area contributed by atoms with Gasteiger partial charge in [-0.15, -0.1) is 12.4 Å². The molecule has 8 heteroatoms. The number of carbonyl (C=O) groups is 1. The Kier molecular flexibility index (Phi) is 9.97. The van der Waals surface area contributed by atoms with Gasteiger partial charge in [0.15, 0.2) is 0 Å². The van der Waals surface area contributed by atoms with E-state index in [1.54, 1.807) is 6.07 Å². The van der Waals surface area contributed by atoms with Gasteiger partial charge in [0.2, 0.25) is 0 Å². The highest BCUT2D eigenvalue weighted by Gasteiger charge is 2.15. The second-order valence-corrected chi connectivity index (χ2v) is 6.22. The minimum absolute atomic E-state index is 0. The molecule has 1 heterocycles. The molecule has 0 aromatic heterocycles. The zero-order valence-electron chi connectivity index (χ0n) is 14.4. The van der Waals surface area contributed by atoms with Gasteiger partial charge in [0, 0.05) is 39.0 Å². The number of methoxy groups -OCH3 is 1. The molecule has 0 aliphatic carbocycles. The Morgan fingerprint density at radius 1 is 1.40 bits per heavy atom. The van der Waals surface area contributed by atoms with E-state index in [9.17, 15) is 4.79 Å². The summed E-state index contributed by atoms with van der Waals surface area (Å²) in [5.41, 5.74) is 6.47. The van der Waals surface area contributed by atoms with Crippen molar-refractivity contribution in [1.29, 1.82) is 0 Å². The average Bonchev–Trinajstić information content (AvgIpc) is 2.60. The zero-order chi connectivity index (χ0) is 17.4. The number of nitrogens with one attached hydrogen (secondary N) is 1. The van der Waals surface area contributed by atoms with Gasteiger partial charge in [-0.1, -0.05) is 11.6 Å². The molecule has 2 rings (SSSR count). The molecule has 0 bridgehead atoms. The molecule has 1 aliphatic heterocycles. The molecule has 3 N–H and O–H groups in total. The van der Waals surface area contributed by atoms with Crippen LogP contribution < -0.4 is 15.8 Å². The number of ether oxygens (including phenoxy) is 3. The summed E-state index contributed by atoms with van der Waals surface area (Å²) < 4.78 is 16.2. The molecule has 0 unspecified atom stereocenters. The Bertz CT molecular complexity index is 552. The lowest BCUT2D eigenvalue weighted by molar-refractivity contribution is 0.0202. The molecule has 6 nitrogen and oxygen atoms in total. The second kappa shape index (κ2) is 11.4. The van der Waals surface area contributed by atoms with Crippen LogP contribution in [0.1, 0.15) is 29.6 Å². The quantitative estimate of drug-likeness (QED) is 0.524. The van der Waals surface area contributed by atoms with Crippen molar-refractivity contribution in [2.75, 3.05) is 45.8 Å². The minimum atomic E-state index is -0.238. The normalized spacial score (nSPS) is 14.6. The second-order valence-electron chi connectivity index (χ2n) is 5.81. The molecule has 0 spiro atoms. The van der Waals surface area contributed by atoms with E-state index in [1.807, 2.05) is 0 Å². The standard InChI is InChI=1S/C17H25ClN2O4.ClH/c1-22-16-10-15(19)14(18)9-13(16)17(21)20-5-2-6-24-11-12-3-7-23-8-4-12;/h9-10,12H,2-8,11,19H2,1H3,(H,20,21);1H. The van der Waals surface area contributed by atoms with Crippen molar-refractivity contribution in [2.24, 2.45) is 5.92 Å². The lowest BCUT2D eigenvalue weighted by Gasteiger charge is -2.21. The summed E-state index contributed by atoms with van der Waals surface area (Å²) in [6, 6.07) is 3.07. The number of anilines is 1. The van der Waals surface area contributed by atoms with E-state index in [0.717, 1.165) is 39.1 Å². The molecule has 1 aromatic rings. The Hall–Kier alpha value is -1.21. The van der Waals surface area contributed by atoms with Crippen LogP contribution >= 0.6 is 24.0 Å². The van der Waals surface area contributed by atoms with E-state index >= 15 is 0 Å². The molecule has 1 amide bonds. The molecular formula is C17H26Cl2N2O4. The first-order valence-corrected chi connectivity index (χ1v) is 8.56. The fourth-order valence-electron chi connectivity index (χ4n) is 2.55. The van der Waals surface area contributed by atoms with Gasteiger partial charge in [-0.3, -0.25) is 4.79 Å². The SMILES string of the molecule is COc1cc(N)c(Cl)cc1C(=O)NCCCOCC1CCOCC1.Cl. The molecule has 1 saturated heterocycles. The monoisotopic (exact) mass is 392 g/mol. The summed E-state index contributed by atoms with van der Waals surface area (Å²) >= 11 is 5.97. The first-order chi connectivity index (χ1) is 11.6. The molecule has 142 valence electrons. The molecule has 25 heavy (non-hydrogen) atoms. The Morgan fingerprint density at radius 3 is 2.80 bits per heavy atom. The number of rotatable bonds is 8. The maximum atomic E-state index is 12.2. The Morgan fingerprint density at radius 2 is 2.12 bits per heavy atom. The molecule has 1 aromatic carbocycles. The smallest absolute Gasteiger partial charge is 0.255 e. The predicted octanol–water partition coefficient (Wildman–Crippen LogP) is 2.92. The summed E-state index contributed by atoms with van der Waals surface area (Å²) in [5, 5.41) is 3.17. The number of hydrogen-bond donors (Lipinski definition) is 2. The van der Waals surface area contributed by atoms with Crippen molar-refractivity contribution in [1.82, 2.24) is 5.32 Å². The maximum Gasteiger partial charge on any atom is 0.255 e. The summed E-state index contributed by atoms with van der Waals surface area (Å²) in [6.07, 6.45) is 2.88. The topological polar surface area (TPSA) is 82.8 Å². The molecule has 0 saturated carbocycles. The number of nitrogen functional groups attached to an aromatic ring is 1. The van der Waals surface area contributed by atoms with Crippen LogP contribution in [-0.2, 0) is 9.47 Å².